The summed E-state index contributed by atoms with van der Waals surface area (Å²) in [6, 6.07) is 43.9. The van der Waals surface area contributed by atoms with E-state index in [1.165, 1.54) is 11.4 Å². The Morgan fingerprint density at radius 3 is 2.28 bits per heavy atom. The molecule has 0 amide bonds. The Hall–Kier alpha value is -4.34. The van der Waals surface area contributed by atoms with Crippen molar-refractivity contribution >= 4 is 44.9 Å². The third-order valence-electron chi connectivity index (χ3n) is 7.37. The molecule has 1 aliphatic heterocycles. The number of hydrogen-bond acceptors (Lipinski definition) is 3. The van der Waals surface area contributed by atoms with Crippen molar-refractivity contribution in [2.24, 2.45) is 0 Å². The first-order valence-corrected chi connectivity index (χ1v) is 12.7. The summed E-state index contributed by atoms with van der Waals surface area (Å²) in [6.07, 6.45) is 0. The van der Waals surface area contributed by atoms with Crippen molar-refractivity contribution in [1.29, 1.82) is 0 Å². The minimum atomic E-state index is 0. The maximum absolute atomic E-state index is 5.02. The second-order valence-electron chi connectivity index (χ2n) is 9.65. The van der Waals surface area contributed by atoms with Crippen LogP contribution in [0.25, 0.3) is 44.7 Å². The SMILES string of the molecule is CN1[CH-]N(c2cccc(-c3[c-]c(-n4c5ccccc5n5c6ccccc6nc45)ccc3)c2)c2ccccc21.[Pt+2]. The summed E-state index contributed by atoms with van der Waals surface area (Å²) in [5.41, 5.74) is 10.9. The molecule has 0 bridgehead atoms. The van der Waals surface area contributed by atoms with Crippen molar-refractivity contribution in [3.63, 3.8) is 0 Å². The number of hydrogen-bond donors (Lipinski definition) is 0. The summed E-state index contributed by atoms with van der Waals surface area (Å²) >= 11 is 0. The molecule has 190 valence electrons. The van der Waals surface area contributed by atoms with Gasteiger partial charge in [0.2, 0.25) is 5.78 Å². The molecule has 0 N–H and O–H groups in total. The van der Waals surface area contributed by atoms with Crippen LogP contribution in [-0.4, -0.2) is 21.0 Å². The fourth-order valence-electron chi connectivity index (χ4n) is 5.64. The fourth-order valence-corrected chi connectivity index (χ4v) is 5.64. The molecule has 0 spiro atoms. The van der Waals surface area contributed by atoms with Crippen molar-refractivity contribution in [1.82, 2.24) is 14.0 Å². The fraction of sp³-hybridized carbons (Fsp3) is 0.0303. The summed E-state index contributed by atoms with van der Waals surface area (Å²) in [5, 5.41) is 0. The van der Waals surface area contributed by atoms with E-state index in [1.54, 1.807) is 0 Å². The zero-order valence-electron chi connectivity index (χ0n) is 21.1. The van der Waals surface area contributed by atoms with Crippen LogP contribution in [0.2, 0.25) is 0 Å². The molecule has 0 saturated heterocycles. The van der Waals surface area contributed by atoms with Gasteiger partial charge in [-0.3, -0.25) is 8.97 Å². The minimum Gasteiger partial charge on any atom is -0.504 e. The van der Waals surface area contributed by atoms with E-state index in [9.17, 15) is 0 Å². The van der Waals surface area contributed by atoms with Gasteiger partial charge in [-0.05, 0) is 55.2 Å². The average molecular weight is 685 g/mol. The zero-order valence-corrected chi connectivity index (χ0v) is 23.4. The number of imidazole rings is 2. The van der Waals surface area contributed by atoms with Gasteiger partial charge in [-0.2, -0.15) is 6.67 Å². The van der Waals surface area contributed by atoms with E-state index in [1.807, 2.05) is 6.07 Å². The maximum atomic E-state index is 5.02. The summed E-state index contributed by atoms with van der Waals surface area (Å²) in [5.74, 6) is 0.890. The van der Waals surface area contributed by atoms with Crippen LogP contribution in [-0.2, 0) is 21.1 Å². The van der Waals surface area contributed by atoms with Crippen LogP contribution >= 0.6 is 0 Å². The van der Waals surface area contributed by atoms with Crippen molar-refractivity contribution in [2.75, 3.05) is 16.8 Å². The van der Waals surface area contributed by atoms with Gasteiger partial charge in [-0.1, -0.05) is 60.2 Å². The zero-order chi connectivity index (χ0) is 25.2. The molecule has 1 aliphatic rings. The molecule has 0 atom stereocenters. The van der Waals surface area contributed by atoms with Gasteiger partial charge < -0.3 is 9.80 Å². The van der Waals surface area contributed by atoms with E-state index in [4.69, 9.17) is 4.98 Å². The number of para-hydroxylation sites is 6. The van der Waals surface area contributed by atoms with Crippen molar-refractivity contribution in [3.8, 4) is 16.8 Å². The Labute approximate surface area is 240 Å². The quantitative estimate of drug-likeness (QED) is 0.180. The van der Waals surface area contributed by atoms with Crippen molar-refractivity contribution < 1.29 is 21.1 Å². The molecule has 5 aromatic carbocycles. The van der Waals surface area contributed by atoms with E-state index in [0.717, 1.165) is 50.3 Å². The van der Waals surface area contributed by atoms with E-state index in [2.05, 4.69) is 148 Å². The number of rotatable bonds is 3. The Balaban J connectivity index is 0.00000253. The molecule has 8 rings (SSSR count). The number of anilines is 3. The van der Waals surface area contributed by atoms with Gasteiger partial charge in [-0.15, -0.1) is 29.8 Å². The average Bonchev–Trinajstić information content (AvgIpc) is 3.62. The molecule has 3 heterocycles. The van der Waals surface area contributed by atoms with Crippen LogP contribution in [0.1, 0.15) is 0 Å². The number of fused-ring (bicyclic) bond motifs is 6. The Bertz CT molecular complexity index is 2000. The summed E-state index contributed by atoms with van der Waals surface area (Å²) in [7, 11) is 2.08. The number of benzene rings is 5. The number of aromatic nitrogens is 3. The van der Waals surface area contributed by atoms with Crippen molar-refractivity contribution in [2.45, 2.75) is 0 Å². The molecule has 0 aliphatic carbocycles. The van der Waals surface area contributed by atoms with Crippen LogP contribution in [0.5, 0.6) is 0 Å². The van der Waals surface area contributed by atoms with Gasteiger partial charge in [0, 0.05) is 17.1 Å². The third-order valence-corrected chi connectivity index (χ3v) is 7.37. The van der Waals surface area contributed by atoms with Gasteiger partial charge in [0.25, 0.3) is 0 Å². The van der Waals surface area contributed by atoms with Crippen LogP contribution in [0.3, 0.4) is 0 Å². The molecule has 0 unspecified atom stereocenters. The van der Waals surface area contributed by atoms with Crippen LogP contribution in [0, 0.1) is 12.7 Å². The topological polar surface area (TPSA) is 28.7 Å². The van der Waals surface area contributed by atoms with Gasteiger partial charge >= 0.3 is 21.1 Å². The van der Waals surface area contributed by atoms with Gasteiger partial charge in [0.15, 0.2) is 0 Å². The van der Waals surface area contributed by atoms with Crippen molar-refractivity contribution in [3.05, 3.63) is 128 Å². The predicted octanol–water partition coefficient (Wildman–Crippen LogP) is 7.60. The standard InChI is InChI=1S/C33H23N5.Pt/c1-35-22-36(30-17-5-4-16-29(30)35)25-12-8-10-23(20-25)24-11-9-13-26(21-24)37-31-18-6-7-19-32(31)38-28-15-3-2-14-27(28)34-33(37)38;/h2-20,22H,1H3;/q-2;+2. The first-order valence-electron chi connectivity index (χ1n) is 12.7. The first kappa shape index (κ1) is 23.8. The molecule has 0 fully saturated rings. The van der Waals surface area contributed by atoms with E-state index < -0.39 is 0 Å². The van der Waals surface area contributed by atoms with Crippen LogP contribution in [0.4, 0.5) is 17.1 Å². The molecular weight excluding hydrogens is 661 g/mol. The molecule has 2 aromatic heterocycles. The normalized spacial score (nSPS) is 12.8. The number of nitrogens with zero attached hydrogens (tertiary/aromatic N) is 5. The molecule has 5 nitrogen and oxygen atoms in total. The minimum absolute atomic E-state index is 0. The Kier molecular flexibility index (Phi) is 5.57. The summed E-state index contributed by atoms with van der Waals surface area (Å²) in [6.45, 7) is 2.13. The Morgan fingerprint density at radius 2 is 1.41 bits per heavy atom. The summed E-state index contributed by atoms with van der Waals surface area (Å²) in [4.78, 5) is 9.41. The van der Waals surface area contributed by atoms with E-state index in [-0.39, 0.29) is 21.1 Å². The molecule has 7 aromatic rings. The molecule has 39 heavy (non-hydrogen) atoms. The molecule has 0 radical (unpaired) electrons. The smallest absolute Gasteiger partial charge is 0.504 e. The molecule has 0 saturated carbocycles. The maximum Gasteiger partial charge on any atom is 2.00 e. The summed E-state index contributed by atoms with van der Waals surface area (Å²) < 4.78 is 4.45. The predicted molar refractivity (Wildman–Crippen MR) is 155 cm³/mol. The second kappa shape index (κ2) is 9.14. The van der Waals surface area contributed by atoms with Crippen LogP contribution < -0.4 is 9.80 Å². The van der Waals surface area contributed by atoms with Gasteiger partial charge in [-0.25, -0.2) is 4.98 Å². The third kappa shape index (κ3) is 3.61. The van der Waals surface area contributed by atoms with E-state index >= 15 is 0 Å². The molecule has 6 heteroatoms. The first-order chi connectivity index (χ1) is 18.8. The molecular formula is C33H23N5Pt. The Morgan fingerprint density at radius 1 is 0.692 bits per heavy atom. The second-order valence-corrected chi connectivity index (χ2v) is 9.65. The largest absolute Gasteiger partial charge is 2.00 e. The van der Waals surface area contributed by atoms with Crippen LogP contribution in [0.15, 0.2) is 115 Å². The monoisotopic (exact) mass is 684 g/mol. The van der Waals surface area contributed by atoms with Gasteiger partial charge in [0.1, 0.15) is 0 Å². The van der Waals surface area contributed by atoms with E-state index in [0.29, 0.717) is 0 Å². The van der Waals surface area contributed by atoms with Gasteiger partial charge in [0.05, 0.1) is 22.1 Å².